The maximum atomic E-state index is 10.0. The zero-order chi connectivity index (χ0) is 14.6. The lowest BCUT2D eigenvalue weighted by Crippen LogP contribution is -2.29. The predicted octanol–water partition coefficient (Wildman–Crippen LogP) is 4.01. The SMILES string of the molecule is CCC(NCC1(CCOC)CC1)c1cc(Br)ccc1O. The lowest BCUT2D eigenvalue weighted by atomic mass is 9.99. The Morgan fingerprint density at radius 1 is 1.45 bits per heavy atom. The van der Waals surface area contributed by atoms with Crippen molar-refractivity contribution in [3.05, 3.63) is 28.2 Å². The molecule has 0 saturated heterocycles. The summed E-state index contributed by atoms with van der Waals surface area (Å²) in [6.07, 6.45) is 4.65. The summed E-state index contributed by atoms with van der Waals surface area (Å²) < 4.78 is 6.20. The van der Waals surface area contributed by atoms with Gasteiger partial charge in [-0.15, -0.1) is 0 Å². The summed E-state index contributed by atoms with van der Waals surface area (Å²) >= 11 is 3.48. The molecule has 0 spiro atoms. The number of phenols is 1. The first kappa shape index (κ1) is 15.8. The number of methoxy groups -OCH3 is 1. The number of hydrogen-bond acceptors (Lipinski definition) is 3. The number of phenolic OH excluding ortho intramolecular Hbond substituents is 1. The Hall–Kier alpha value is -0.580. The monoisotopic (exact) mass is 341 g/mol. The predicted molar refractivity (Wildman–Crippen MR) is 85.0 cm³/mol. The van der Waals surface area contributed by atoms with E-state index in [0.717, 1.165) is 36.0 Å². The van der Waals surface area contributed by atoms with Crippen LogP contribution in [-0.2, 0) is 4.74 Å². The summed E-state index contributed by atoms with van der Waals surface area (Å²) in [5.41, 5.74) is 1.40. The zero-order valence-electron chi connectivity index (χ0n) is 12.3. The van der Waals surface area contributed by atoms with Gasteiger partial charge in [-0.3, -0.25) is 0 Å². The zero-order valence-corrected chi connectivity index (χ0v) is 13.9. The molecule has 0 aromatic heterocycles. The fourth-order valence-corrected chi connectivity index (χ4v) is 3.01. The van der Waals surface area contributed by atoms with Gasteiger partial charge in [0.1, 0.15) is 5.75 Å². The molecule has 1 saturated carbocycles. The minimum atomic E-state index is 0.201. The highest BCUT2D eigenvalue weighted by Gasteiger charge is 2.41. The van der Waals surface area contributed by atoms with Crippen LogP contribution in [-0.4, -0.2) is 25.4 Å². The largest absolute Gasteiger partial charge is 0.508 e. The van der Waals surface area contributed by atoms with Gasteiger partial charge in [-0.2, -0.15) is 0 Å². The minimum absolute atomic E-state index is 0.201. The number of hydrogen-bond donors (Lipinski definition) is 2. The highest BCUT2D eigenvalue weighted by atomic mass is 79.9. The van der Waals surface area contributed by atoms with E-state index in [1.165, 1.54) is 12.8 Å². The molecular weight excluding hydrogens is 318 g/mol. The maximum Gasteiger partial charge on any atom is 0.120 e. The van der Waals surface area contributed by atoms with Crippen molar-refractivity contribution in [1.29, 1.82) is 0 Å². The fourth-order valence-electron chi connectivity index (χ4n) is 2.63. The molecule has 0 bridgehead atoms. The van der Waals surface area contributed by atoms with Gasteiger partial charge in [0.2, 0.25) is 0 Å². The fraction of sp³-hybridized carbons (Fsp3) is 0.625. The first-order valence-electron chi connectivity index (χ1n) is 7.31. The third kappa shape index (κ3) is 3.96. The number of rotatable bonds is 8. The van der Waals surface area contributed by atoms with Gasteiger partial charge >= 0.3 is 0 Å². The molecule has 4 heteroatoms. The van der Waals surface area contributed by atoms with Gasteiger partial charge in [0.25, 0.3) is 0 Å². The van der Waals surface area contributed by atoms with E-state index in [1.807, 2.05) is 12.1 Å². The van der Waals surface area contributed by atoms with Crippen molar-refractivity contribution in [2.75, 3.05) is 20.3 Å². The molecule has 112 valence electrons. The molecule has 1 aliphatic carbocycles. The minimum Gasteiger partial charge on any atom is -0.508 e. The summed E-state index contributed by atoms with van der Waals surface area (Å²) in [4.78, 5) is 0. The molecule has 3 nitrogen and oxygen atoms in total. The van der Waals surface area contributed by atoms with Crippen LogP contribution in [0.15, 0.2) is 22.7 Å². The van der Waals surface area contributed by atoms with E-state index in [0.29, 0.717) is 11.2 Å². The number of nitrogens with one attached hydrogen (secondary N) is 1. The van der Waals surface area contributed by atoms with E-state index in [4.69, 9.17) is 4.74 Å². The van der Waals surface area contributed by atoms with Gasteiger partial charge in [-0.1, -0.05) is 22.9 Å². The van der Waals surface area contributed by atoms with E-state index >= 15 is 0 Å². The summed E-state index contributed by atoms with van der Waals surface area (Å²) in [7, 11) is 1.76. The van der Waals surface area contributed by atoms with E-state index < -0.39 is 0 Å². The van der Waals surface area contributed by atoms with Crippen molar-refractivity contribution >= 4 is 15.9 Å². The summed E-state index contributed by atoms with van der Waals surface area (Å²) in [5, 5.41) is 13.7. The molecule has 0 heterocycles. The Morgan fingerprint density at radius 3 is 2.80 bits per heavy atom. The molecule has 1 aliphatic rings. The summed E-state index contributed by atoms with van der Waals surface area (Å²) in [6, 6.07) is 5.83. The number of halogens is 1. The molecule has 0 aliphatic heterocycles. The van der Waals surface area contributed by atoms with E-state index in [9.17, 15) is 5.11 Å². The van der Waals surface area contributed by atoms with Crippen molar-refractivity contribution in [3.63, 3.8) is 0 Å². The highest BCUT2D eigenvalue weighted by molar-refractivity contribution is 9.10. The van der Waals surface area contributed by atoms with Gasteiger partial charge in [-0.25, -0.2) is 0 Å². The average Bonchev–Trinajstić information content (AvgIpc) is 3.21. The normalized spacial score (nSPS) is 17.9. The van der Waals surface area contributed by atoms with E-state index in [2.05, 4.69) is 28.2 Å². The Balaban J connectivity index is 1.97. The second kappa shape index (κ2) is 6.92. The van der Waals surface area contributed by atoms with Gasteiger partial charge in [-0.05, 0) is 49.3 Å². The molecule has 1 aromatic rings. The van der Waals surface area contributed by atoms with Gasteiger partial charge in [0.15, 0.2) is 0 Å². The standard InChI is InChI=1S/C16H24BrNO2/c1-3-14(13-10-12(17)4-5-15(13)19)18-11-16(6-7-16)8-9-20-2/h4-5,10,14,18-19H,3,6-9,11H2,1-2H3. The van der Waals surface area contributed by atoms with E-state index in [1.54, 1.807) is 13.2 Å². The smallest absolute Gasteiger partial charge is 0.120 e. The molecule has 1 aromatic carbocycles. The van der Waals surface area contributed by atoms with Crippen LogP contribution in [0.25, 0.3) is 0 Å². The third-order valence-corrected chi connectivity index (χ3v) is 4.78. The van der Waals surface area contributed by atoms with Crippen molar-refractivity contribution in [2.45, 2.75) is 38.6 Å². The van der Waals surface area contributed by atoms with Crippen LogP contribution in [0.1, 0.15) is 44.2 Å². The lowest BCUT2D eigenvalue weighted by Gasteiger charge is -2.23. The van der Waals surface area contributed by atoms with Crippen LogP contribution in [0.2, 0.25) is 0 Å². The van der Waals surface area contributed by atoms with Gasteiger partial charge < -0.3 is 15.2 Å². The van der Waals surface area contributed by atoms with Crippen LogP contribution >= 0.6 is 15.9 Å². The van der Waals surface area contributed by atoms with Crippen LogP contribution < -0.4 is 5.32 Å². The molecule has 1 atom stereocenters. The third-order valence-electron chi connectivity index (χ3n) is 4.29. The van der Waals surface area contributed by atoms with Crippen LogP contribution in [0.3, 0.4) is 0 Å². The molecule has 2 rings (SSSR count). The quantitative estimate of drug-likeness (QED) is 0.750. The van der Waals surface area contributed by atoms with E-state index in [-0.39, 0.29) is 6.04 Å². The average molecular weight is 342 g/mol. The van der Waals surface area contributed by atoms with Crippen LogP contribution in [0.5, 0.6) is 5.75 Å². The molecule has 1 fully saturated rings. The molecule has 20 heavy (non-hydrogen) atoms. The number of benzene rings is 1. The first-order valence-corrected chi connectivity index (χ1v) is 8.10. The van der Waals surface area contributed by atoms with Crippen molar-refractivity contribution in [3.8, 4) is 5.75 Å². The van der Waals surface area contributed by atoms with Crippen molar-refractivity contribution < 1.29 is 9.84 Å². The molecular formula is C16H24BrNO2. The number of aromatic hydroxyl groups is 1. The second-order valence-corrected chi connectivity index (χ2v) is 6.70. The topological polar surface area (TPSA) is 41.5 Å². The second-order valence-electron chi connectivity index (χ2n) is 5.79. The van der Waals surface area contributed by atoms with Crippen LogP contribution in [0.4, 0.5) is 0 Å². The van der Waals surface area contributed by atoms with Crippen LogP contribution in [0, 0.1) is 5.41 Å². The van der Waals surface area contributed by atoms with Crippen molar-refractivity contribution in [2.24, 2.45) is 5.41 Å². The first-order chi connectivity index (χ1) is 9.60. The van der Waals surface area contributed by atoms with Gasteiger partial charge in [0, 0.05) is 36.3 Å². The Labute approximate surface area is 129 Å². The van der Waals surface area contributed by atoms with Crippen molar-refractivity contribution in [1.82, 2.24) is 5.32 Å². The maximum absolute atomic E-state index is 10.0. The number of ether oxygens (including phenoxy) is 1. The lowest BCUT2D eigenvalue weighted by molar-refractivity contribution is 0.170. The molecule has 0 radical (unpaired) electrons. The molecule has 0 amide bonds. The van der Waals surface area contributed by atoms with Gasteiger partial charge in [0.05, 0.1) is 0 Å². The Morgan fingerprint density at radius 2 is 2.20 bits per heavy atom. The highest BCUT2D eigenvalue weighted by Crippen LogP contribution is 2.48. The summed E-state index contributed by atoms with van der Waals surface area (Å²) in [6.45, 7) is 3.98. The Bertz CT molecular complexity index is 446. The molecule has 2 N–H and O–H groups in total. The molecule has 1 unspecified atom stereocenters. The summed E-state index contributed by atoms with van der Waals surface area (Å²) in [5.74, 6) is 0.370. The Kier molecular flexibility index (Phi) is 5.47.